The van der Waals surface area contributed by atoms with Crippen molar-refractivity contribution in [1.82, 2.24) is 9.13 Å². The number of hydrogen-bond donors (Lipinski definition) is 0. The van der Waals surface area contributed by atoms with Crippen molar-refractivity contribution in [3.63, 3.8) is 0 Å². The third kappa shape index (κ3) is 6.37. The molecular weight excluding hydrogens is 961 g/mol. The summed E-state index contributed by atoms with van der Waals surface area (Å²) in [6.07, 6.45) is 0. The molecule has 0 radical (unpaired) electrons. The highest BCUT2D eigenvalue weighted by atomic mass is 16.5. The van der Waals surface area contributed by atoms with E-state index in [0.29, 0.717) is 0 Å². The molecule has 3 aromatic heterocycles. The van der Waals surface area contributed by atoms with Crippen molar-refractivity contribution >= 4 is 54.6 Å². The Morgan fingerprint density at radius 2 is 0.709 bits per heavy atom. The monoisotopic (exact) mass is 1010 g/mol. The highest BCUT2D eigenvalue weighted by Gasteiger charge is 2.54. The maximum atomic E-state index is 7.23. The van der Waals surface area contributed by atoms with Crippen molar-refractivity contribution in [3.8, 4) is 78.5 Å². The summed E-state index contributed by atoms with van der Waals surface area (Å²) in [4.78, 5) is 0. The molecule has 4 heterocycles. The van der Waals surface area contributed by atoms with Gasteiger partial charge >= 0.3 is 0 Å². The lowest BCUT2D eigenvalue weighted by molar-refractivity contribution is 0.389. The molecule has 1 aliphatic heterocycles. The molecule has 0 saturated carbocycles. The fourth-order valence-corrected chi connectivity index (χ4v) is 13.5. The molecule has 1 spiro atoms. The summed E-state index contributed by atoms with van der Waals surface area (Å²) in [5.74, 6) is 2.39. The van der Waals surface area contributed by atoms with E-state index in [4.69, 9.17) is 9.15 Å². The quantitative estimate of drug-likeness (QED) is 0.166. The second-order valence-corrected chi connectivity index (χ2v) is 21.1. The summed E-state index contributed by atoms with van der Waals surface area (Å²) in [5, 5.41) is 5.80. The van der Waals surface area contributed by atoms with Gasteiger partial charge in [-0.1, -0.05) is 188 Å². The fourth-order valence-electron chi connectivity index (χ4n) is 13.5. The molecule has 0 N–H and O–H groups in total. The SMILES string of the molecule is c1ccc(-c2cccc(-n3c4ccccc4c4cc(-c5ccc6c(c5)C5(c7ccccc7Oc7c5oc5ccccc75)c5cc(-c7ccc8c(c7)c7ccccc7n8-c7cccc(-c8ccccc8)c7)ccc5-6)ccc43)c2)cc1. The van der Waals surface area contributed by atoms with E-state index in [9.17, 15) is 0 Å². The summed E-state index contributed by atoms with van der Waals surface area (Å²) in [6.45, 7) is 0. The van der Waals surface area contributed by atoms with Gasteiger partial charge in [0, 0.05) is 38.5 Å². The smallest absolute Gasteiger partial charge is 0.178 e. The molecule has 368 valence electrons. The largest absolute Gasteiger partial charge is 0.455 e. The van der Waals surface area contributed by atoms with Gasteiger partial charge in [0.05, 0.1) is 27.5 Å². The first-order valence-corrected chi connectivity index (χ1v) is 27.1. The Hall–Kier alpha value is -10.4. The summed E-state index contributed by atoms with van der Waals surface area (Å²) in [6, 6.07) is 102. The van der Waals surface area contributed by atoms with Crippen LogP contribution in [0.25, 0.3) is 122 Å². The summed E-state index contributed by atoms with van der Waals surface area (Å²) in [5.41, 5.74) is 22.0. The van der Waals surface area contributed by atoms with Crippen LogP contribution < -0.4 is 4.74 Å². The number of furan rings is 1. The number of aromatic nitrogens is 2. The van der Waals surface area contributed by atoms with Gasteiger partial charge in [0.25, 0.3) is 0 Å². The number of rotatable bonds is 6. The van der Waals surface area contributed by atoms with E-state index >= 15 is 0 Å². The van der Waals surface area contributed by atoms with Crippen LogP contribution in [0.2, 0.25) is 0 Å². The molecule has 2 aliphatic rings. The van der Waals surface area contributed by atoms with Gasteiger partial charge in [-0.15, -0.1) is 0 Å². The van der Waals surface area contributed by atoms with E-state index in [-0.39, 0.29) is 0 Å². The Labute approximate surface area is 455 Å². The average Bonchev–Trinajstić information content (AvgIpc) is 3.09. The molecule has 79 heavy (non-hydrogen) atoms. The molecule has 0 saturated heterocycles. The van der Waals surface area contributed by atoms with Crippen molar-refractivity contribution in [2.75, 3.05) is 0 Å². The normalized spacial score (nSPS) is 13.0. The molecule has 4 nitrogen and oxygen atoms in total. The van der Waals surface area contributed by atoms with E-state index in [1.54, 1.807) is 0 Å². The number of ether oxygens (including phenoxy) is 1. The van der Waals surface area contributed by atoms with Crippen molar-refractivity contribution in [1.29, 1.82) is 0 Å². The van der Waals surface area contributed by atoms with Crippen LogP contribution in [-0.2, 0) is 5.41 Å². The van der Waals surface area contributed by atoms with Gasteiger partial charge in [0.1, 0.15) is 16.7 Å². The van der Waals surface area contributed by atoms with Crippen molar-refractivity contribution in [2.24, 2.45) is 0 Å². The topological polar surface area (TPSA) is 32.2 Å². The third-order valence-corrected chi connectivity index (χ3v) is 17.0. The lowest BCUT2D eigenvalue weighted by Crippen LogP contribution is -2.31. The Morgan fingerprint density at radius 1 is 0.278 bits per heavy atom. The second-order valence-electron chi connectivity index (χ2n) is 21.1. The van der Waals surface area contributed by atoms with E-state index in [1.165, 1.54) is 77.1 Å². The van der Waals surface area contributed by atoms with Crippen LogP contribution in [0.15, 0.2) is 283 Å². The number of nitrogens with zero attached hydrogens (tertiary/aromatic N) is 2. The first-order chi connectivity index (χ1) is 39.2. The maximum Gasteiger partial charge on any atom is 0.178 e. The van der Waals surface area contributed by atoms with Crippen LogP contribution in [-0.4, -0.2) is 9.13 Å². The molecule has 12 aromatic carbocycles. The van der Waals surface area contributed by atoms with Gasteiger partial charge in [-0.05, 0) is 158 Å². The van der Waals surface area contributed by atoms with Gasteiger partial charge in [0.15, 0.2) is 11.5 Å². The summed E-state index contributed by atoms with van der Waals surface area (Å²) in [7, 11) is 0. The van der Waals surface area contributed by atoms with Gasteiger partial charge < -0.3 is 18.3 Å². The van der Waals surface area contributed by atoms with Crippen LogP contribution in [0.1, 0.15) is 22.5 Å². The molecule has 0 unspecified atom stereocenters. The molecule has 4 heteroatoms. The Morgan fingerprint density at radius 3 is 1.28 bits per heavy atom. The maximum absolute atomic E-state index is 7.23. The van der Waals surface area contributed by atoms with Gasteiger partial charge in [-0.25, -0.2) is 0 Å². The Bertz CT molecular complexity index is 4750. The zero-order valence-corrected chi connectivity index (χ0v) is 42.8. The minimum absolute atomic E-state index is 0.764. The van der Waals surface area contributed by atoms with E-state index in [1.807, 2.05) is 6.07 Å². The minimum Gasteiger partial charge on any atom is -0.455 e. The zero-order chi connectivity index (χ0) is 51.8. The predicted octanol–water partition coefficient (Wildman–Crippen LogP) is 19.8. The molecular formula is C75H46N2O2. The third-order valence-electron chi connectivity index (χ3n) is 17.0. The molecule has 0 fully saturated rings. The number of hydrogen-bond acceptors (Lipinski definition) is 2. The highest BCUT2D eigenvalue weighted by molar-refractivity contribution is 6.12. The lowest BCUT2D eigenvalue weighted by Gasteiger charge is -2.36. The summed E-state index contributed by atoms with van der Waals surface area (Å²) >= 11 is 0. The van der Waals surface area contributed by atoms with Gasteiger partial charge in [-0.3, -0.25) is 0 Å². The van der Waals surface area contributed by atoms with Crippen molar-refractivity contribution in [2.45, 2.75) is 5.41 Å². The predicted molar refractivity (Wildman–Crippen MR) is 324 cm³/mol. The van der Waals surface area contributed by atoms with E-state index < -0.39 is 5.41 Å². The molecule has 0 amide bonds. The van der Waals surface area contributed by atoms with Crippen LogP contribution in [0.5, 0.6) is 11.5 Å². The van der Waals surface area contributed by atoms with E-state index in [2.05, 4.69) is 282 Å². The second kappa shape index (κ2) is 16.8. The van der Waals surface area contributed by atoms with Crippen molar-refractivity contribution in [3.05, 3.63) is 302 Å². The minimum atomic E-state index is -0.853. The average molecular weight is 1010 g/mol. The summed E-state index contributed by atoms with van der Waals surface area (Å²) < 4.78 is 19.1. The molecule has 17 rings (SSSR count). The number of para-hydroxylation sites is 4. The molecule has 1 aliphatic carbocycles. The standard InChI is InChI=1S/C75H46N2O2/c1-3-17-47(18-4-1)49-21-15-23-55(41-49)76-67-29-11-7-25-59(67)62-43-51(35-39-69(62)76)53-33-37-57-58-38-34-54(46-66(58)75(65(57)45-53)64-28-10-14-32-72(64)78-73-61-27-9-13-31-71(61)79-74(73)75)52-36-40-70-63(44-52)60-26-8-12-30-68(60)77(70)56-24-16-22-50(42-56)48-19-5-2-6-20-48/h1-46H. The Balaban J connectivity index is 0.853. The Kier molecular flexibility index (Phi) is 9.30. The lowest BCUT2D eigenvalue weighted by atomic mass is 9.68. The first-order valence-electron chi connectivity index (χ1n) is 27.1. The molecule has 15 aromatic rings. The van der Waals surface area contributed by atoms with Gasteiger partial charge in [0.2, 0.25) is 0 Å². The number of benzene rings is 12. The molecule has 0 bridgehead atoms. The van der Waals surface area contributed by atoms with Crippen LogP contribution in [0.3, 0.4) is 0 Å². The fraction of sp³-hybridized carbons (Fsp3) is 0.0133. The van der Waals surface area contributed by atoms with Crippen LogP contribution >= 0.6 is 0 Å². The van der Waals surface area contributed by atoms with Crippen LogP contribution in [0.4, 0.5) is 0 Å². The van der Waals surface area contributed by atoms with Crippen LogP contribution in [0, 0.1) is 0 Å². The van der Waals surface area contributed by atoms with E-state index in [0.717, 1.165) is 78.5 Å². The van der Waals surface area contributed by atoms with Gasteiger partial charge in [-0.2, -0.15) is 0 Å². The molecule has 0 atom stereocenters. The number of fused-ring (bicyclic) bond motifs is 17. The first kappa shape index (κ1) is 43.8. The highest BCUT2D eigenvalue weighted by Crippen LogP contribution is 2.64. The van der Waals surface area contributed by atoms with Crippen molar-refractivity contribution < 1.29 is 9.15 Å². The zero-order valence-electron chi connectivity index (χ0n) is 42.8.